The molecule has 1 N–H and O–H groups in total. The standard InChI is InChI=1S/C27H25ClN2O6S/c1-34-22-12-20(27(33)36-3)21(13-23(22)35-2)29-25(32)17-6-8-18(9-7-17)26-30(24(31)15-37-26)14-16-4-10-19(28)11-5-16/h4-13,26H,14-15H2,1-3H3,(H,29,32)/t26-/m1/s1. The second-order valence-electron chi connectivity index (χ2n) is 8.13. The van der Waals surface area contributed by atoms with E-state index in [1.54, 1.807) is 24.3 Å². The molecule has 0 saturated carbocycles. The van der Waals surface area contributed by atoms with Crippen LogP contribution in [0.5, 0.6) is 11.5 Å². The van der Waals surface area contributed by atoms with Gasteiger partial charge in [0.05, 0.1) is 38.3 Å². The van der Waals surface area contributed by atoms with Gasteiger partial charge in [0.2, 0.25) is 5.91 Å². The smallest absolute Gasteiger partial charge is 0.340 e. The van der Waals surface area contributed by atoms with E-state index in [1.165, 1.54) is 45.2 Å². The number of methoxy groups -OCH3 is 3. The van der Waals surface area contributed by atoms with E-state index in [1.807, 2.05) is 29.2 Å². The molecule has 1 aliphatic heterocycles. The van der Waals surface area contributed by atoms with E-state index >= 15 is 0 Å². The Morgan fingerprint density at radius 2 is 1.65 bits per heavy atom. The predicted molar refractivity (Wildman–Crippen MR) is 142 cm³/mol. The van der Waals surface area contributed by atoms with E-state index in [9.17, 15) is 14.4 Å². The van der Waals surface area contributed by atoms with E-state index in [4.69, 9.17) is 25.8 Å². The summed E-state index contributed by atoms with van der Waals surface area (Å²) in [7, 11) is 4.17. The number of esters is 1. The Hall–Kier alpha value is -3.69. The maximum Gasteiger partial charge on any atom is 0.340 e. The van der Waals surface area contributed by atoms with E-state index in [-0.39, 0.29) is 22.5 Å². The zero-order valence-corrected chi connectivity index (χ0v) is 22.0. The second kappa shape index (κ2) is 11.6. The molecule has 3 aromatic carbocycles. The van der Waals surface area contributed by atoms with Gasteiger partial charge in [-0.3, -0.25) is 9.59 Å². The van der Waals surface area contributed by atoms with Crippen LogP contribution in [0.25, 0.3) is 0 Å². The summed E-state index contributed by atoms with van der Waals surface area (Å²) in [6.07, 6.45) is 0. The topological polar surface area (TPSA) is 94.2 Å². The summed E-state index contributed by atoms with van der Waals surface area (Å²) in [4.78, 5) is 39.7. The highest BCUT2D eigenvalue weighted by atomic mass is 35.5. The van der Waals surface area contributed by atoms with Crippen LogP contribution in [0.1, 0.15) is 37.2 Å². The summed E-state index contributed by atoms with van der Waals surface area (Å²) in [5.74, 6) is 0.0697. The average molecular weight is 541 g/mol. The highest BCUT2D eigenvalue weighted by Gasteiger charge is 2.33. The molecule has 0 bridgehead atoms. The van der Waals surface area contributed by atoms with Crippen molar-refractivity contribution in [3.63, 3.8) is 0 Å². The van der Waals surface area contributed by atoms with Crippen LogP contribution in [-0.2, 0) is 16.1 Å². The van der Waals surface area contributed by atoms with Gasteiger partial charge in [-0.15, -0.1) is 11.8 Å². The zero-order chi connectivity index (χ0) is 26.5. The van der Waals surface area contributed by atoms with Crippen LogP contribution in [0.2, 0.25) is 5.02 Å². The number of nitrogens with zero attached hydrogens (tertiary/aromatic N) is 1. The first kappa shape index (κ1) is 26.4. The first-order valence-electron chi connectivity index (χ1n) is 11.3. The maximum atomic E-state index is 13.0. The van der Waals surface area contributed by atoms with Crippen molar-refractivity contribution in [2.75, 3.05) is 32.4 Å². The van der Waals surface area contributed by atoms with Gasteiger partial charge in [-0.25, -0.2) is 4.79 Å². The van der Waals surface area contributed by atoms with Crippen molar-refractivity contribution in [1.29, 1.82) is 0 Å². The van der Waals surface area contributed by atoms with Gasteiger partial charge in [0.1, 0.15) is 5.37 Å². The largest absolute Gasteiger partial charge is 0.493 e. The van der Waals surface area contributed by atoms with E-state index in [0.717, 1.165) is 11.1 Å². The van der Waals surface area contributed by atoms with Crippen molar-refractivity contribution in [2.45, 2.75) is 11.9 Å². The normalized spacial score (nSPS) is 14.9. The van der Waals surface area contributed by atoms with E-state index in [0.29, 0.717) is 34.4 Å². The molecule has 0 unspecified atom stereocenters. The van der Waals surface area contributed by atoms with Crippen LogP contribution in [0.15, 0.2) is 60.7 Å². The van der Waals surface area contributed by atoms with Gasteiger partial charge in [-0.1, -0.05) is 35.9 Å². The molecule has 192 valence electrons. The quantitative estimate of drug-likeness (QED) is 0.394. The van der Waals surface area contributed by atoms with Crippen LogP contribution in [-0.4, -0.2) is 49.8 Å². The Bertz CT molecular complexity index is 1310. The first-order valence-corrected chi connectivity index (χ1v) is 12.7. The number of hydrogen-bond donors (Lipinski definition) is 1. The highest BCUT2D eigenvalue weighted by molar-refractivity contribution is 8.00. The van der Waals surface area contributed by atoms with Gasteiger partial charge >= 0.3 is 5.97 Å². The highest BCUT2D eigenvalue weighted by Crippen LogP contribution is 2.40. The summed E-state index contributed by atoms with van der Waals surface area (Å²) < 4.78 is 15.4. The van der Waals surface area contributed by atoms with E-state index < -0.39 is 11.9 Å². The molecular weight excluding hydrogens is 516 g/mol. The van der Waals surface area contributed by atoms with Gasteiger partial charge in [-0.05, 0) is 35.4 Å². The summed E-state index contributed by atoms with van der Waals surface area (Å²) >= 11 is 7.52. The minimum atomic E-state index is -0.629. The molecule has 3 aromatic rings. The SMILES string of the molecule is COC(=O)c1cc(OC)c(OC)cc1NC(=O)c1ccc([C@H]2SCC(=O)N2Cc2ccc(Cl)cc2)cc1. The van der Waals surface area contributed by atoms with Crippen molar-refractivity contribution < 1.29 is 28.6 Å². The fourth-order valence-corrected chi connectivity index (χ4v) is 5.26. The minimum absolute atomic E-state index is 0.0514. The predicted octanol–water partition coefficient (Wildman–Crippen LogP) is 5.17. The summed E-state index contributed by atoms with van der Waals surface area (Å²) in [6, 6.07) is 17.4. The molecule has 2 amide bonds. The van der Waals surface area contributed by atoms with Crippen molar-refractivity contribution >= 4 is 46.8 Å². The molecule has 10 heteroatoms. The molecule has 0 radical (unpaired) electrons. The third-order valence-corrected chi connectivity index (χ3v) is 7.38. The molecule has 1 heterocycles. The number of ether oxygens (including phenoxy) is 3. The third-order valence-electron chi connectivity index (χ3n) is 5.87. The molecule has 37 heavy (non-hydrogen) atoms. The van der Waals surface area contributed by atoms with E-state index in [2.05, 4.69) is 5.32 Å². The summed E-state index contributed by atoms with van der Waals surface area (Å²) in [5.41, 5.74) is 2.63. The van der Waals surface area contributed by atoms with Crippen molar-refractivity contribution in [1.82, 2.24) is 4.90 Å². The second-order valence-corrected chi connectivity index (χ2v) is 9.64. The number of thioether (sulfide) groups is 1. The lowest BCUT2D eigenvalue weighted by Gasteiger charge is -2.24. The fraction of sp³-hybridized carbons (Fsp3) is 0.222. The Kier molecular flexibility index (Phi) is 8.25. The Morgan fingerprint density at radius 3 is 2.27 bits per heavy atom. The monoisotopic (exact) mass is 540 g/mol. The number of carbonyl (C=O) groups excluding carboxylic acids is 3. The van der Waals surface area contributed by atoms with Crippen LogP contribution < -0.4 is 14.8 Å². The molecule has 8 nitrogen and oxygen atoms in total. The van der Waals surface area contributed by atoms with Crippen LogP contribution in [0, 0.1) is 0 Å². The number of nitrogens with one attached hydrogen (secondary N) is 1. The van der Waals surface area contributed by atoms with Crippen molar-refractivity contribution in [3.8, 4) is 11.5 Å². The Morgan fingerprint density at radius 1 is 1.00 bits per heavy atom. The number of rotatable bonds is 8. The van der Waals surface area contributed by atoms with Gasteiger partial charge in [-0.2, -0.15) is 0 Å². The van der Waals surface area contributed by atoms with Gasteiger partial charge in [0, 0.05) is 29.3 Å². The van der Waals surface area contributed by atoms with Crippen molar-refractivity contribution in [3.05, 3.63) is 87.9 Å². The van der Waals surface area contributed by atoms with Gasteiger partial charge in [0.25, 0.3) is 5.91 Å². The number of hydrogen-bond acceptors (Lipinski definition) is 7. The number of amides is 2. The number of anilines is 1. The molecule has 1 fully saturated rings. The third kappa shape index (κ3) is 5.84. The van der Waals surface area contributed by atoms with Gasteiger partial charge in [0.15, 0.2) is 11.5 Å². The molecule has 0 aromatic heterocycles. The number of halogens is 1. The Balaban J connectivity index is 1.53. The molecule has 1 aliphatic rings. The molecule has 4 rings (SSSR count). The zero-order valence-electron chi connectivity index (χ0n) is 20.4. The molecular formula is C27H25ClN2O6S. The molecule has 1 saturated heterocycles. The fourth-order valence-electron chi connectivity index (χ4n) is 3.94. The first-order chi connectivity index (χ1) is 17.8. The van der Waals surface area contributed by atoms with Crippen molar-refractivity contribution in [2.24, 2.45) is 0 Å². The van der Waals surface area contributed by atoms with Crippen LogP contribution in [0.4, 0.5) is 5.69 Å². The van der Waals surface area contributed by atoms with Gasteiger partial charge < -0.3 is 24.4 Å². The summed E-state index contributed by atoms with van der Waals surface area (Å²) in [5, 5.41) is 3.23. The Labute approximate surface area is 223 Å². The lowest BCUT2D eigenvalue weighted by molar-refractivity contribution is -0.128. The van der Waals surface area contributed by atoms with Crippen LogP contribution >= 0.6 is 23.4 Å². The number of benzene rings is 3. The lowest BCUT2D eigenvalue weighted by Crippen LogP contribution is -2.27. The number of carbonyl (C=O) groups is 3. The average Bonchev–Trinajstić information content (AvgIpc) is 3.28. The molecule has 0 aliphatic carbocycles. The minimum Gasteiger partial charge on any atom is -0.493 e. The molecule has 0 spiro atoms. The summed E-state index contributed by atoms with van der Waals surface area (Å²) in [6.45, 7) is 0.464. The van der Waals surface area contributed by atoms with Crippen LogP contribution in [0.3, 0.4) is 0 Å². The molecule has 1 atom stereocenters. The maximum absolute atomic E-state index is 13.0. The lowest BCUT2D eigenvalue weighted by atomic mass is 10.1.